The minimum Gasteiger partial charge on any atom is -0.398 e. The monoisotopic (exact) mass is 288 g/mol. The lowest BCUT2D eigenvalue weighted by Crippen LogP contribution is -2.40. The Kier molecular flexibility index (Phi) is 5.30. The van der Waals surface area contributed by atoms with Crippen molar-refractivity contribution in [3.63, 3.8) is 0 Å². The van der Waals surface area contributed by atoms with Gasteiger partial charge in [-0.3, -0.25) is 0 Å². The number of benzene rings is 1. The molecule has 0 aliphatic rings. The molecule has 0 bridgehead atoms. The Balaban J connectivity index is 3.10. The van der Waals surface area contributed by atoms with Gasteiger partial charge in [0.1, 0.15) is 4.90 Å². The highest BCUT2D eigenvalue weighted by Crippen LogP contribution is 2.22. The Labute approximate surface area is 113 Å². The number of methoxy groups -OCH3 is 1. The molecule has 0 spiro atoms. The number of aliphatic hydroxyl groups excluding tert-OH is 1. The number of nitrogen functional groups attached to an aromatic ring is 1. The first-order valence-corrected chi connectivity index (χ1v) is 7.29. The van der Waals surface area contributed by atoms with Crippen molar-refractivity contribution in [3.05, 3.63) is 23.3 Å². The van der Waals surface area contributed by atoms with Gasteiger partial charge in [-0.15, -0.1) is 0 Å². The first kappa shape index (κ1) is 15.9. The SMILES string of the molecule is COCC(CO)NS(=O)(=O)c1cc(C)c(C)cc1N. The standard InChI is InChI=1S/C12H20N2O4S/c1-8-4-11(13)12(5-9(8)2)19(16,17)14-10(6-15)7-18-3/h4-5,10,14-15H,6-7,13H2,1-3H3. The van der Waals surface area contributed by atoms with Crippen LogP contribution in [-0.2, 0) is 14.8 Å². The molecule has 0 heterocycles. The van der Waals surface area contributed by atoms with E-state index in [0.717, 1.165) is 11.1 Å². The van der Waals surface area contributed by atoms with Crippen molar-refractivity contribution >= 4 is 15.7 Å². The Bertz CT molecular complexity index is 543. The van der Waals surface area contributed by atoms with Crippen LogP contribution in [0.2, 0.25) is 0 Å². The zero-order valence-corrected chi connectivity index (χ0v) is 12.1. The first-order chi connectivity index (χ1) is 8.81. The lowest BCUT2D eigenvalue weighted by atomic mass is 10.1. The normalized spacial score (nSPS) is 13.5. The topological polar surface area (TPSA) is 102 Å². The van der Waals surface area contributed by atoms with E-state index in [1.807, 2.05) is 13.8 Å². The number of nitrogens with one attached hydrogen (secondary N) is 1. The molecule has 108 valence electrons. The van der Waals surface area contributed by atoms with E-state index in [1.165, 1.54) is 13.2 Å². The molecule has 0 saturated carbocycles. The van der Waals surface area contributed by atoms with Crippen LogP contribution in [0, 0.1) is 13.8 Å². The van der Waals surface area contributed by atoms with Crippen LogP contribution in [0.5, 0.6) is 0 Å². The van der Waals surface area contributed by atoms with Gasteiger partial charge in [0.2, 0.25) is 10.0 Å². The number of nitrogens with two attached hydrogens (primary N) is 1. The molecule has 0 saturated heterocycles. The molecule has 0 fully saturated rings. The molecule has 0 aromatic heterocycles. The fourth-order valence-electron chi connectivity index (χ4n) is 1.65. The lowest BCUT2D eigenvalue weighted by Gasteiger charge is -2.17. The van der Waals surface area contributed by atoms with Gasteiger partial charge in [0.05, 0.1) is 24.9 Å². The van der Waals surface area contributed by atoms with Crippen molar-refractivity contribution in [3.8, 4) is 0 Å². The van der Waals surface area contributed by atoms with E-state index in [-0.39, 0.29) is 23.8 Å². The van der Waals surface area contributed by atoms with Gasteiger partial charge in [-0.25, -0.2) is 13.1 Å². The van der Waals surface area contributed by atoms with Gasteiger partial charge in [0, 0.05) is 7.11 Å². The van der Waals surface area contributed by atoms with Gasteiger partial charge in [0.15, 0.2) is 0 Å². The number of hydrogen-bond acceptors (Lipinski definition) is 5. The predicted molar refractivity (Wildman–Crippen MR) is 73.4 cm³/mol. The fraction of sp³-hybridized carbons (Fsp3) is 0.500. The molecule has 1 aromatic carbocycles. The quantitative estimate of drug-likeness (QED) is 0.648. The maximum absolute atomic E-state index is 12.2. The van der Waals surface area contributed by atoms with E-state index >= 15 is 0 Å². The second-order valence-electron chi connectivity index (χ2n) is 4.43. The maximum Gasteiger partial charge on any atom is 0.243 e. The molecule has 6 nitrogen and oxygen atoms in total. The summed E-state index contributed by atoms with van der Waals surface area (Å²) in [6.45, 7) is 3.40. The van der Waals surface area contributed by atoms with E-state index in [1.54, 1.807) is 6.07 Å². The molecule has 1 aromatic rings. The van der Waals surface area contributed by atoms with E-state index < -0.39 is 16.1 Å². The van der Waals surface area contributed by atoms with Crippen LogP contribution < -0.4 is 10.5 Å². The van der Waals surface area contributed by atoms with Gasteiger partial charge >= 0.3 is 0 Å². The largest absolute Gasteiger partial charge is 0.398 e. The van der Waals surface area contributed by atoms with Crippen LogP contribution in [0.15, 0.2) is 17.0 Å². The van der Waals surface area contributed by atoms with E-state index in [0.29, 0.717) is 0 Å². The summed E-state index contributed by atoms with van der Waals surface area (Å²) < 4.78 is 31.6. The lowest BCUT2D eigenvalue weighted by molar-refractivity contribution is 0.139. The van der Waals surface area contributed by atoms with E-state index in [9.17, 15) is 8.42 Å². The summed E-state index contributed by atoms with van der Waals surface area (Å²) >= 11 is 0. The average molecular weight is 288 g/mol. The van der Waals surface area contributed by atoms with Crippen LogP contribution in [0.3, 0.4) is 0 Å². The molecular weight excluding hydrogens is 268 g/mol. The van der Waals surface area contributed by atoms with E-state index in [4.69, 9.17) is 15.6 Å². The molecule has 0 aliphatic carbocycles. The molecule has 1 atom stereocenters. The predicted octanol–water partition coefficient (Wildman–Crippen LogP) is 0.171. The number of anilines is 1. The number of ether oxygens (including phenoxy) is 1. The Morgan fingerprint density at radius 3 is 2.47 bits per heavy atom. The third-order valence-electron chi connectivity index (χ3n) is 2.83. The minimum absolute atomic E-state index is 0.0187. The second-order valence-corrected chi connectivity index (χ2v) is 6.11. The summed E-state index contributed by atoms with van der Waals surface area (Å²) in [5, 5.41) is 9.10. The molecule has 4 N–H and O–H groups in total. The molecule has 0 radical (unpaired) electrons. The molecule has 1 unspecified atom stereocenters. The van der Waals surface area contributed by atoms with Crippen LogP contribution in [0.4, 0.5) is 5.69 Å². The van der Waals surface area contributed by atoms with Crippen LogP contribution in [0.1, 0.15) is 11.1 Å². The van der Waals surface area contributed by atoms with Gasteiger partial charge in [-0.2, -0.15) is 0 Å². The van der Waals surface area contributed by atoms with Crippen molar-refractivity contribution in [1.29, 1.82) is 0 Å². The molecule has 0 amide bonds. The molecule has 7 heteroatoms. The number of aliphatic hydroxyl groups is 1. The Morgan fingerprint density at radius 2 is 1.95 bits per heavy atom. The molecule has 1 rings (SSSR count). The summed E-state index contributed by atoms with van der Waals surface area (Å²) in [5.74, 6) is 0. The zero-order chi connectivity index (χ0) is 14.6. The first-order valence-electron chi connectivity index (χ1n) is 5.80. The summed E-state index contributed by atoms with van der Waals surface area (Å²) in [6.07, 6.45) is 0. The molecular formula is C12H20N2O4S. The summed E-state index contributed by atoms with van der Waals surface area (Å²) in [5.41, 5.74) is 7.70. The third kappa shape index (κ3) is 3.90. The zero-order valence-electron chi connectivity index (χ0n) is 11.3. The Hall–Kier alpha value is -1.15. The number of hydrogen-bond donors (Lipinski definition) is 3. The molecule has 19 heavy (non-hydrogen) atoms. The summed E-state index contributed by atoms with van der Waals surface area (Å²) in [7, 11) is -2.35. The highest BCUT2D eigenvalue weighted by Gasteiger charge is 2.22. The van der Waals surface area contributed by atoms with E-state index in [2.05, 4.69) is 4.72 Å². The highest BCUT2D eigenvalue weighted by molar-refractivity contribution is 7.89. The second kappa shape index (κ2) is 6.33. The summed E-state index contributed by atoms with van der Waals surface area (Å²) in [4.78, 5) is 0.0187. The number of aryl methyl sites for hydroxylation is 2. The number of rotatable bonds is 6. The minimum atomic E-state index is -3.78. The van der Waals surface area contributed by atoms with Crippen LogP contribution in [-0.4, -0.2) is 39.9 Å². The Morgan fingerprint density at radius 1 is 1.37 bits per heavy atom. The maximum atomic E-state index is 12.2. The number of sulfonamides is 1. The van der Waals surface area contributed by atoms with Gasteiger partial charge in [-0.05, 0) is 37.1 Å². The van der Waals surface area contributed by atoms with Crippen molar-refractivity contribution < 1.29 is 18.3 Å². The van der Waals surface area contributed by atoms with Crippen LogP contribution in [0.25, 0.3) is 0 Å². The summed E-state index contributed by atoms with van der Waals surface area (Å²) in [6, 6.07) is 2.44. The average Bonchev–Trinajstić information content (AvgIpc) is 2.32. The van der Waals surface area contributed by atoms with Crippen molar-refractivity contribution in [1.82, 2.24) is 4.72 Å². The van der Waals surface area contributed by atoms with Gasteiger partial charge < -0.3 is 15.6 Å². The van der Waals surface area contributed by atoms with Gasteiger partial charge in [0.25, 0.3) is 0 Å². The van der Waals surface area contributed by atoms with Crippen LogP contribution >= 0.6 is 0 Å². The van der Waals surface area contributed by atoms with Crippen molar-refractivity contribution in [2.75, 3.05) is 26.1 Å². The van der Waals surface area contributed by atoms with Crippen molar-refractivity contribution in [2.45, 2.75) is 24.8 Å². The fourth-order valence-corrected chi connectivity index (χ4v) is 3.06. The van der Waals surface area contributed by atoms with Gasteiger partial charge in [-0.1, -0.05) is 0 Å². The third-order valence-corrected chi connectivity index (χ3v) is 4.40. The van der Waals surface area contributed by atoms with Crippen molar-refractivity contribution in [2.24, 2.45) is 0 Å². The highest BCUT2D eigenvalue weighted by atomic mass is 32.2. The molecule has 0 aliphatic heterocycles. The smallest absolute Gasteiger partial charge is 0.243 e.